The first-order valence-electron chi connectivity index (χ1n) is 14.5. The predicted octanol–water partition coefficient (Wildman–Crippen LogP) is 4.69. The standard InChI is InChI=1S/C31H34F2IN5O3/c1-17(34)26-27(35-2)38-28(41)31(26)13-19-11-22(15-36-23(19)14-31)37-25(40)16-39-24(18-9-20(32)12-21(33)10-18)5-8-30(29(39)42)6-3-4-7-30/h9-12,15,17,24,35H,3-8,13-14,16H2,1-2H3,(H,37,40)(H,38,41). The number of amides is 3. The van der Waals surface area contributed by atoms with E-state index in [4.69, 9.17) is 0 Å². The van der Waals surface area contributed by atoms with Gasteiger partial charge in [-0.1, -0.05) is 35.4 Å². The quantitative estimate of drug-likeness (QED) is 0.302. The molecule has 2 spiro atoms. The topological polar surface area (TPSA) is 103 Å². The monoisotopic (exact) mass is 689 g/mol. The van der Waals surface area contributed by atoms with E-state index >= 15 is 0 Å². The number of rotatable bonds is 6. The van der Waals surface area contributed by atoms with Gasteiger partial charge in [-0.15, -0.1) is 0 Å². The van der Waals surface area contributed by atoms with Crippen molar-refractivity contribution in [2.75, 3.05) is 18.9 Å². The molecule has 3 N–H and O–H groups in total. The van der Waals surface area contributed by atoms with Crippen molar-refractivity contribution in [2.45, 2.75) is 68.3 Å². The van der Waals surface area contributed by atoms with Gasteiger partial charge >= 0.3 is 0 Å². The lowest BCUT2D eigenvalue weighted by molar-refractivity contribution is -0.152. The summed E-state index contributed by atoms with van der Waals surface area (Å²) >= 11 is 2.32. The summed E-state index contributed by atoms with van der Waals surface area (Å²) < 4.78 is 28.4. The van der Waals surface area contributed by atoms with Crippen LogP contribution in [0.2, 0.25) is 0 Å². The van der Waals surface area contributed by atoms with Gasteiger partial charge in [-0.2, -0.15) is 0 Å². The third kappa shape index (κ3) is 4.87. The van der Waals surface area contributed by atoms with E-state index in [-0.39, 0.29) is 22.3 Å². The van der Waals surface area contributed by atoms with E-state index in [0.717, 1.165) is 54.4 Å². The number of nitrogens with one attached hydrogen (secondary N) is 3. The highest BCUT2D eigenvalue weighted by Crippen LogP contribution is 2.51. The summed E-state index contributed by atoms with van der Waals surface area (Å²) in [5, 5.41) is 8.99. The lowest BCUT2D eigenvalue weighted by atomic mass is 9.74. The number of nitrogens with zero attached hydrogens (tertiary/aromatic N) is 2. The SMILES string of the molecule is CNC1=C(C(C)I)C2(Cc3cc(NC(=O)CN4C(=O)C5(CCCC5)CCC4c4cc(F)cc(F)c4)cnc3C2)C(=O)N1. The number of hydrogen-bond donors (Lipinski definition) is 3. The number of anilines is 1. The third-order valence-corrected chi connectivity index (χ3v) is 10.2. The molecule has 3 amide bonds. The summed E-state index contributed by atoms with van der Waals surface area (Å²) in [5.41, 5.74) is 2.32. The number of fused-ring (bicyclic) bond motifs is 1. The highest BCUT2D eigenvalue weighted by Gasteiger charge is 2.54. The van der Waals surface area contributed by atoms with Gasteiger partial charge in [0.05, 0.1) is 23.3 Å². The van der Waals surface area contributed by atoms with Gasteiger partial charge in [-0.05, 0) is 73.9 Å². The Morgan fingerprint density at radius 2 is 1.86 bits per heavy atom. The van der Waals surface area contributed by atoms with E-state index in [9.17, 15) is 23.2 Å². The molecule has 4 aliphatic rings. The third-order valence-electron chi connectivity index (χ3n) is 9.54. The molecule has 8 nitrogen and oxygen atoms in total. The van der Waals surface area contributed by atoms with Gasteiger partial charge in [0.15, 0.2) is 0 Å². The van der Waals surface area contributed by atoms with Crippen molar-refractivity contribution in [1.29, 1.82) is 0 Å². The number of likely N-dealkylation sites (tertiary alicyclic amines) is 1. The molecule has 3 atom stereocenters. The minimum Gasteiger partial charge on any atom is -0.375 e. The maximum absolute atomic E-state index is 14.1. The highest BCUT2D eigenvalue weighted by atomic mass is 127. The van der Waals surface area contributed by atoms with Crippen LogP contribution in [0.1, 0.15) is 68.3 Å². The van der Waals surface area contributed by atoms with Crippen molar-refractivity contribution in [3.63, 3.8) is 0 Å². The van der Waals surface area contributed by atoms with E-state index in [1.54, 1.807) is 13.2 Å². The lowest BCUT2D eigenvalue weighted by Gasteiger charge is -2.44. The van der Waals surface area contributed by atoms with Crippen molar-refractivity contribution in [3.8, 4) is 0 Å². The first-order valence-corrected chi connectivity index (χ1v) is 15.7. The Morgan fingerprint density at radius 3 is 2.52 bits per heavy atom. The first kappa shape index (κ1) is 29.0. The van der Waals surface area contributed by atoms with Crippen molar-refractivity contribution in [1.82, 2.24) is 20.5 Å². The molecule has 6 rings (SSSR count). The number of carbonyl (C=O) groups excluding carboxylic acids is 3. The van der Waals surface area contributed by atoms with Gasteiger partial charge in [0, 0.05) is 34.6 Å². The summed E-state index contributed by atoms with van der Waals surface area (Å²) in [5.74, 6) is -1.27. The molecule has 1 aromatic heterocycles. The number of halogens is 3. The van der Waals surface area contributed by atoms with Crippen LogP contribution in [0.15, 0.2) is 41.9 Å². The molecule has 1 saturated carbocycles. The zero-order valence-electron chi connectivity index (χ0n) is 23.7. The molecule has 0 bridgehead atoms. The normalized spacial score (nSPS) is 25.3. The van der Waals surface area contributed by atoms with Crippen LogP contribution in [0.5, 0.6) is 0 Å². The molecule has 2 aromatic rings. The zero-order valence-corrected chi connectivity index (χ0v) is 25.8. The summed E-state index contributed by atoms with van der Waals surface area (Å²) in [6.07, 6.45) is 7.13. The fourth-order valence-electron chi connectivity index (χ4n) is 7.67. The van der Waals surface area contributed by atoms with Crippen molar-refractivity contribution < 1.29 is 23.2 Å². The lowest BCUT2D eigenvalue weighted by Crippen LogP contribution is -2.51. The molecular formula is C31H34F2IN5O3. The van der Waals surface area contributed by atoms with Crippen molar-refractivity contribution in [3.05, 3.63) is 70.3 Å². The number of piperidine rings is 1. The molecule has 2 fully saturated rings. The molecule has 3 unspecified atom stereocenters. The fourth-order valence-corrected chi connectivity index (χ4v) is 8.58. The second-order valence-electron chi connectivity index (χ2n) is 12.1. The molecule has 1 aromatic carbocycles. The smallest absolute Gasteiger partial charge is 0.244 e. The van der Waals surface area contributed by atoms with Gasteiger partial charge in [-0.3, -0.25) is 19.4 Å². The Balaban J connectivity index is 1.23. The van der Waals surface area contributed by atoms with Gasteiger partial charge in [0.1, 0.15) is 24.0 Å². The first-order chi connectivity index (χ1) is 20.0. The Morgan fingerprint density at radius 1 is 1.14 bits per heavy atom. The van der Waals surface area contributed by atoms with E-state index in [0.29, 0.717) is 36.9 Å². The van der Waals surface area contributed by atoms with Gasteiger partial charge in [0.2, 0.25) is 17.7 Å². The van der Waals surface area contributed by atoms with E-state index in [1.807, 2.05) is 6.07 Å². The highest BCUT2D eigenvalue weighted by molar-refractivity contribution is 14.1. The zero-order chi connectivity index (χ0) is 29.8. The second kappa shape index (κ2) is 10.9. The molecule has 42 heavy (non-hydrogen) atoms. The van der Waals surface area contributed by atoms with Crippen molar-refractivity contribution in [2.24, 2.45) is 10.8 Å². The maximum Gasteiger partial charge on any atom is 0.244 e. The van der Waals surface area contributed by atoms with Gasteiger partial charge in [-0.25, -0.2) is 8.78 Å². The Bertz CT molecular complexity index is 1490. The summed E-state index contributed by atoms with van der Waals surface area (Å²) in [6, 6.07) is 4.56. The molecule has 11 heteroatoms. The van der Waals surface area contributed by atoms with Crippen LogP contribution in [0.4, 0.5) is 14.5 Å². The van der Waals surface area contributed by atoms with Crippen molar-refractivity contribution >= 4 is 46.0 Å². The van der Waals surface area contributed by atoms with E-state index in [1.165, 1.54) is 17.0 Å². The van der Waals surface area contributed by atoms with Crippen LogP contribution in [-0.4, -0.2) is 45.1 Å². The summed E-state index contributed by atoms with van der Waals surface area (Å²) in [7, 11) is 1.79. The van der Waals surface area contributed by atoms with Gasteiger partial charge < -0.3 is 20.9 Å². The number of alkyl halides is 1. The number of hydrogen-bond acceptors (Lipinski definition) is 5. The summed E-state index contributed by atoms with van der Waals surface area (Å²) in [4.78, 5) is 46.6. The number of carbonyl (C=O) groups is 3. The average molecular weight is 690 g/mol. The molecule has 2 aliphatic heterocycles. The minimum absolute atomic E-state index is 0.0572. The molecular weight excluding hydrogens is 655 g/mol. The van der Waals surface area contributed by atoms with E-state index in [2.05, 4.69) is 50.4 Å². The molecule has 0 radical (unpaired) electrons. The summed E-state index contributed by atoms with van der Waals surface area (Å²) in [6.45, 7) is 1.82. The minimum atomic E-state index is -0.722. The molecule has 222 valence electrons. The Hall–Kier alpha value is -3.09. The van der Waals surface area contributed by atoms with Crippen LogP contribution in [0.25, 0.3) is 0 Å². The average Bonchev–Trinajstić information content (AvgIpc) is 3.62. The Labute approximate surface area is 257 Å². The molecule has 3 heterocycles. The van der Waals surface area contributed by atoms with Gasteiger partial charge in [0.25, 0.3) is 0 Å². The molecule has 1 saturated heterocycles. The Kier molecular flexibility index (Phi) is 7.51. The predicted molar refractivity (Wildman–Crippen MR) is 161 cm³/mol. The van der Waals surface area contributed by atoms with Crippen LogP contribution in [-0.2, 0) is 27.2 Å². The van der Waals surface area contributed by atoms with Crippen LogP contribution in [0.3, 0.4) is 0 Å². The maximum atomic E-state index is 14.1. The van der Waals surface area contributed by atoms with E-state index < -0.39 is 34.4 Å². The molecule has 2 aliphatic carbocycles. The number of pyridine rings is 1. The fraction of sp³-hybridized carbons (Fsp3) is 0.484. The largest absolute Gasteiger partial charge is 0.375 e. The van der Waals surface area contributed by atoms with Crippen LogP contribution in [0, 0.1) is 22.5 Å². The van der Waals surface area contributed by atoms with Crippen LogP contribution >= 0.6 is 22.6 Å². The second-order valence-corrected chi connectivity index (χ2v) is 14.0. The number of aromatic nitrogens is 1. The van der Waals surface area contributed by atoms with Crippen LogP contribution < -0.4 is 16.0 Å². The number of benzene rings is 1.